The smallest absolute Gasteiger partial charge is 0.267 e. The van der Waals surface area contributed by atoms with Crippen molar-refractivity contribution < 1.29 is 0 Å². The summed E-state index contributed by atoms with van der Waals surface area (Å²) >= 11 is 5.84. The molecule has 4 rings (SSSR count). The molecule has 2 aromatic rings. The monoisotopic (exact) mass is 374 g/mol. The lowest BCUT2D eigenvalue weighted by atomic mass is 9.97. The first-order chi connectivity index (χ1) is 12.7. The molecule has 2 aliphatic rings. The lowest BCUT2D eigenvalue weighted by molar-refractivity contribution is 0.241. The molecular formula is C18H23ClN6O. The second-order valence-corrected chi connectivity index (χ2v) is 7.35. The number of nitrogens with zero attached hydrogens (tertiary/aromatic N) is 6. The Kier molecular flexibility index (Phi) is 5.17. The number of hydrogen-bond donors (Lipinski definition) is 0. The Hall–Kier alpha value is -1.99. The van der Waals surface area contributed by atoms with Crippen LogP contribution in [0.15, 0.2) is 23.3 Å². The molecule has 8 heteroatoms. The molecule has 3 heterocycles. The van der Waals surface area contributed by atoms with E-state index in [0.29, 0.717) is 11.6 Å². The van der Waals surface area contributed by atoms with Gasteiger partial charge in [-0.05, 0) is 31.2 Å². The van der Waals surface area contributed by atoms with Crippen LogP contribution in [-0.2, 0) is 19.4 Å². The summed E-state index contributed by atoms with van der Waals surface area (Å²) in [6, 6.07) is 1.79. The van der Waals surface area contributed by atoms with E-state index < -0.39 is 0 Å². The largest absolute Gasteiger partial charge is 0.338 e. The number of anilines is 1. The summed E-state index contributed by atoms with van der Waals surface area (Å²) in [5.74, 6) is 0.724. The van der Waals surface area contributed by atoms with E-state index in [1.165, 1.54) is 12.8 Å². The average molecular weight is 375 g/mol. The Labute approximate surface area is 157 Å². The summed E-state index contributed by atoms with van der Waals surface area (Å²) in [6.45, 7) is 5.06. The molecule has 0 N–H and O–H groups in total. The van der Waals surface area contributed by atoms with E-state index in [2.05, 4.69) is 24.9 Å². The second-order valence-electron chi connectivity index (χ2n) is 6.91. The van der Waals surface area contributed by atoms with Gasteiger partial charge in [-0.15, -0.1) is 0 Å². The molecule has 1 saturated heterocycles. The fourth-order valence-electron chi connectivity index (χ4n) is 3.64. The molecule has 2 aromatic heterocycles. The van der Waals surface area contributed by atoms with Crippen LogP contribution in [-0.4, -0.2) is 57.4 Å². The first-order valence-corrected chi connectivity index (χ1v) is 9.61. The van der Waals surface area contributed by atoms with Crippen LogP contribution in [0.5, 0.6) is 0 Å². The third-order valence-corrected chi connectivity index (χ3v) is 5.36. The van der Waals surface area contributed by atoms with Gasteiger partial charge in [-0.2, -0.15) is 5.10 Å². The zero-order chi connectivity index (χ0) is 17.9. The Bertz CT molecular complexity index is 813. The molecule has 0 spiro atoms. The minimum atomic E-state index is 0.0267. The van der Waals surface area contributed by atoms with E-state index in [0.717, 1.165) is 62.8 Å². The number of aryl methyl sites for hydroxylation is 2. The van der Waals surface area contributed by atoms with Crippen molar-refractivity contribution in [2.24, 2.45) is 0 Å². The Morgan fingerprint density at radius 1 is 1.00 bits per heavy atom. The molecule has 1 aliphatic heterocycles. The van der Waals surface area contributed by atoms with Gasteiger partial charge in [-0.3, -0.25) is 9.69 Å². The van der Waals surface area contributed by atoms with Gasteiger partial charge in [-0.1, -0.05) is 11.6 Å². The van der Waals surface area contributed by atoms with E-state index in [-0.39, 0.29) is 5.56 Å². The van der Waals surface area contributed by atoms with Crippen LogP contribution in [0.1, 0.15) is 24.1 Å². The summed E-state index contributed by atoms with van der Waals surface area (Å²) in [5, 5.41) is 5.15. The molecule has 0 aromatic carbocycles. The zero-order valence-electron chi connectivity index (χ0n) is 14.8. The van der Waals surface area contributed by atoms with E-state index in [1.54, 1.807) is 23.1 Å². The van der Waals surface area contributed by atoms with Crippen molar-refractivity contribution in [3.05, 3.63) is 45.1 Å². The van der Waals surface area contributed by atoms with E-state index >= 15 is 0 Å². The highest BCUT2D eigenvalue weighted by Gasteiger charge is 2.19. The van der Waals surface area contributed by atoms with Gasteiger partial charge in [-0.25, -0.2) is 14.6 Å². The molecule has 0 saturated carbocycles. The minimum absolute atomic E-state index is 0.0267. The molecule has 1 fully saturated rings. The van der Waals surface area contributed by atoms with Crippen LogP contribution in [0.25, 0.3) is 0 Å². The first-order valence-electron chi connectivity index (χ1n) is 9.24. The van der Waals surface area contributed by atoms with Crippen molar-refractivity contribution in [1.82, 2.24) is 24.6 Å². The molecule has 26 heavy (non-hydrogen) atoms. The van der Waals surface area contributed by atoms with Crippen molar-refractivity contribution in [3.8, 4) is 0 Å². The molecule has 138 valence electrons. The number of hydrogen-bond acceptors (Lipinski definition) is 6. The summed E-state index contributed by atoms with van der Waals surface area (Å²) in [5.41, 5.74) is 2.29. The molecule has 1 aliphatic carbocycles. The standard InChI is InChI=1S/C18H23ClN6O/c19-15-12-20-18(21-13-15)24-8-5-23(6-9-24)7-10-25-17(26)11-14-3-1-2-4-16(14)22-25/h11-13H,1-10H2. The van der Waals surface area contributed by atoms with Gasteiger partial charge in [0.15, 0.2) is 0 Å². The van der Waals surface area contributed by atoms with Crippen LogP contribution < -0.4 is 10.5 Å². The topological polar surface area (TPSA) is 67.2 Å². The highest BCUT2D eigenvalue weighted by molar-refractivity contribution is 6.30. The summed E-state index contributed by atoms with van der Waals surface area (Å²) < 4.78 is 1.64. The average Bonchev–Trinajstić information content (AvgIpc) is 2.67. The van der Waals surface area contributed by atoms with Gasteiger partial charge in [0.05, 0.1) is 29.7 Å². The number of rotatable bonds is 4. The predicted molar refractivity (Wildman–Crippen MR) is 101 cm³/mol. The number of piperazine rings is 1. The van der Waals surface area contributed by atoms with Crippen molar-refractivity contribution in [2.45, 2.75) is 32.2 Å². The van der Waals surface area contributed by atoms with E-state index in [1.807, 2.05) is 0 Å². The molecule has 0 amide bonds. The highest BCUT2D eigenvalue weighted by Crippen LogP contribution is 2.17. The molecule has 7 nitrogen and oxygen atoms in total. The number of halogens is 1. The molecule has 0 bridgehead atoms. The molecular weight excluding hydrogens is 352 g/mol. The summed E-state index contributed by atoms with van der Waals surface area (Å²) in [6.07, 6.45) is 7.59. The molecule has 0 unspecified atom stereocenters. The van der Waals surface area contributed by atoms with Gasteiger partial charge in [0.2, 0.25) is 5.95 Å². The van der Waals surface area contributed by atoms with Crippen molar-refractivity contribution in [2.75, 3.05) is 37.6 Å². The fraction of sp³-hybridized carbons (Fsp3) is 0.556. The van der Waals surface area contributed by atoms with Crippen LogP contribution >= 0.6 is 11.6 Å². The Morgan fingerprint density at radius 3 is 2.50 bits per heavy atom. The fourth-order valence-corrected chi connectivity index (χ4v) is 3.74. The van der Waals surface area contributed by atoms with Crippen LogP contribution in [0, 0.1) is 0 Å². The van der Waals surface area contributed by atoms with Crippen molar-refractivity contribution >= 4 is 17.5 Å². The lowest BCUT2D eigenvalue weighted by Crippen LogP contribution is -2.48. The lowest BCUT2D eigenvalue weighted by Gasteiger charge is -2.34. The van der Waals surface area contributed by atoms with E-state index in [4.69, 9.17) is 11.6 Å². The number of fused-ring (bicyclic) bond motifs is 1. The minimum Gasteiger partial charge on any atom is -0.338 e. The highest BCUT2D eigenvalue weighted by atomic mass is 35.5. The van der Waals surface area contributed by atoms with Gasteiger partial charge in [0.1, 0.15) is 0 Å². The van der Waals surface area contributed by atoms with Gasteiger partial charge in [0.25, 0.3) is 5.56 Å². The van der Waals surface area contributed by atoms with Crippen LogP contribution in [0.3, 0.4) is 0 Å². The third kappa shape index (κ3) is 3.88. The second kappa shape index (κ2) is 7.72. The maximum atomic E-state index is 12.3. The summed E-state index contributed by atoms with van der Waals surface area (Å²) in [4.78, 5) is 25.4. The normalized spacial score (nSPS) is 18.0. The van der Waals surface area contributed by atoms with Crippen LogP contribution in [0.4, 0.5) is 5.95 Å². The predicted octanol–water partition coefficient (Wildman–Crippen LogP) is 1.39. The van der Waals surface area contributed by atoms with Crippen molar-refractivity contribution in [3.63, 3.8) is 0 Å². The maximum absolute atomic E-state index is 12.3. The van der Waals surface area contributed by atoms with Gasteiger partial charge < -0.3 is 4.90 Å². The Balaban J connectivity index is 1.32. The zero-order valence-corrected chi connectivity index (χ0v) is 15.5. The number of aromatic nitrogens is 4. The molecule has 0 radical (unpaired) electrons. The quantitative estimate of drug-likeness (QED) is 0.805. The first kappa shape index (κ1) is 17.4. The van der Waals surface area contributed by atoms with Crippen molar-refractivity contribution in [1.29, 1.82) is 0 Å². The van der Waals surface area contributed by atoms with Gasteiger partial charge in [0, 0.05) is 38.8 Å². The maximum Gasteiger partial charge on any atom is 0.267 e. The van der Waals surface area contributed by atoms with Crippen LogP contribution in [0.2, 0.25) is 5.02 Å². The third-order valence-electron chi connectivity index (χ3n) is 5.16. The van der Waals surface area contributed by atoms with Gasteiger partial charge >= 0.3 is 0 Å². The SMILES string of the molecule is O=c1cc2c(nn1CCN1CCN(c3ncc(Cl)cn3)CC1)CCCC2. The molecule has 0 atom stereocenters. The van der Waals surface area contributed by atoms with E-state index in [9.17, 15) is 4.79 Å². The summed E-state index contributed by atoms with van der Waals surface area (Å²) in [7, 11) is 0. The Morgan fingerprint density at radius 2 is 1.73 bits per heavy atom.